The molecule has 10 nitrogen and oxygen atoms in total. The number of β-amino-alcohol motifs (C(OH)–C–C–N with tert-alkyl or cyclic N) is 1. The van der Waals surface area contributed by atoms with Crippen molar-refractivity contribution >= 4 is 29.3 Å². The molecule has 216 valence electrons. The second kappa shape index (κ2) is 14.0. The first-order chi connectivity index (χ1) is 19.0. The van der Waals surface area contributed by atoms with Crippen LogP contribution in [0.15, 0.2) is 48.5 Å². The largest absolute Gasteiger partial charge is 0.391 e. The van der Waals surface area contributed by atoms with Crippen LogP contribution in [-0.2, 0) is 14.4 Å². The van der Waals surface area contributed by atoms with E-state index >= 15 is 0 Å². The van der Waals surface area contributed by atoms with Crippen LogP contribution in [-0.4, -0.2) is 65.4 Å². The summed E-state index contributed by atoms with van der Waals surface area (Å²) in [6.07, 6.45) is 0.819. The Labute approximate surface area is 235 Å². The molecule has 3 rings (SSSR count). The maximum atomic E-state index is 13.0. The van der Waals surface area contributed by atoms with Crippen LogP contribution in [0.4, 0.5) is 5.69 Å². The lowest BCUT2D eigenvalue weighted by Gasteiger charge is -2.33. The maximum absolute atomic E-state index is 13.0. The fourth-order valence-electron chi connectivity index (χ4n) is 4.36. The van der Waals surface area contributed by atoms with E-state index in [1.54, 1.807) is 29.2 Å². The molecule has 4 amide bonds. The number of amides is 4. The Morgan fingerprint density at radius 3 is 2.10 bits per heavy atom. The number of carbonyl (C=O) groups excluding carboxylic acids is 4. The topological polar surface area (TPSA) is 140 Å². The number of hydrogen-bond donors (Lipinski definition) is 5. The van der Waals surface area contributed by atoms with E-state index in [1.165, 1.54) is 0 Å². The van der Waals surface area contributed by atoms with Crippen LogP contribution in [0.25, 0.3) is 11.1 Å². The third-order valence-electron chi connectivity index (χ3n) is 6.70. The van der Waals surface area contributed by atoms with Crippen molar-refractivity contribution in [1.82, 2.24) is 21.1 Å². The summed E-state index contributed by atoms with van der Waals surface area (Å²) in [5, 5.41) is 15.4. The van der Waals surface area contributed by atoms with Crippen LogP contribution >= 0.6 is 0 Å². The molecule has 0 bridgehead atoms. The Morgan fingerprint density at radius 2 is 1.55 bits per heavy atom. The van der Waals surface area contributed by atoms with Crippen LogP contribution in [0.1, 0.15) is 63.7 Å². The molecule has 2 atom stereocenters. The van der Waals surface area contributed by atoms with E-state index in [1.807, 2.05) is 52.0 Å². The van der Waals surface area contributed by atoms with Gasteiger partial charge in [-0.3, -0.25) is 24.6 Å². The monoisotopic (exact) mass is 551 g/mol. The highest BCUT2D eigenvalue weighted by atomic mass is 16.3. The minimum atomic E-state index is -0.748. The van der Waals surface area contributed by atoms with E-state index in [4.69, 9.17) is 0 Å². The highest BCUT2D eigenvalue weighted by Gasteiger charge is 2.37. The molecule has 0 spiro atoms. The number of hydrazine groups is 1. The Morgan fingerprint density at radius 1 is 0.950 bits per heavy atom. The van der Waals surface area contributed by atoms with Crippen LogP contribution in [0.3, 0.4) is 0 Å². The molecule has 1 aliphatic rings. The molecule has 1 aliphatic heterocycles. The highest BCUT2D eigenvalue weighted by Crippen LogP contribution is 2.24. The minimum absolute atomic E-state index is 0.0301. The number of likely N-dealkylation sites (tertiary alicyclic amines) is 1. The predicted molar refractivity (Wildman–Crippen MR) is 154 cm³/mol. The summed E-state index contributed by atoms with van der Waals surface area (Å²) in [7, 11) is 0. The van der Waals surface area contributed by atoms with Crippen LogP contribution in [0.2, 0.25) is 0 Å². The van der Waals surface area contributed by atoms with Crippen molar-refractivity contribution in [1.29, 1.82) is 0 Å². The lowest BCUT2D eigenvalue weighted by Crippen LogP contribution is -2.54. The Bertz CT molecular complexity index is 1170. The number of benzene rings is 2. The average molecular weight is 552 g/mol. The number of hydrogen-bond acceptors (Lipinski definition) is 6. The van der Waals surface area contributed by atoms with Gasteiger partial charge in [-0.15, -0.1) is 0 Å². The molecule has 0 radical (unpaired) electrons. The smallest absolute Gasteiger partial charge is 0.265 e. The zero-order valence-electron chi connectivity index (χ0n) is 23.8. The van der Waals surface area contributed by atoms with Gasteiger partial charge in [0.25, 0.3) is 5.91 Å². The molecule has 0 aromatic heterocycles. The normalized spacial score (nSPS) is 15.8. The van der Waals surface area contributed by atoms with Gasteiger partial charge in [-0.05, 0) is 53.6 Å². The molecular formula is C30H41N5O5. The summed E-state index contributed by atoms with van der Waals surface area (Å²) in [4.78, 5) is 51.8. The van der Waals surface area contributed by atoms with Gasteiger partial charge < -0.3 is 20.6 Å². The average Bonchev–Trinajstić information content (AvgIpc) is 3.36. The number of aliphatic hydroxyl groups excluding tert-OH is 1. The first-order valence-electron chi connectivity index (χ1n) is 13.8. The summed E-state index contributed by atoms with van der Waals surface area (Å²) in [5.74, 6) is -1.10. The molecule has 40 heavy (non-hydrogen) atoms. The molecule has 5 N–H and O–H groups in total. The molecule has 10 heteroatoms. The standard InChI is InChI=1S/C30H41N5O5/c1-5-17-31-34-28(39)22-8-6-20(7-9-22)21-10-12-23(13-11-21)32-25(37)14-15-26(38)33-27(30(2,3)4)29(40)35-18-16-24(36)19-35/h6-13,24,27,31,36H,5,14-19H2,1-4H3,(H,32,37)(H,33,38)(H,34,39). The highest BCUT2D eigenvalue weighted by molar-refractivity contribution is 5.95. The lowest BCUT2D eigenvalue weighted by atomic mass is 9.85. The van der Waals surface area contributed by atoms with Crippen LogP contribution < -0.4 is 21.5 Å². The summed E-state index contributed by atoms with van der Waals surface area (Å²) in [6.45, 7) is 9.05. The zero-order valence-corrected chi connectivity index (χ0v) is 23.8. The zero-order chi connectivity index (χ0) is 29.3. The Hall–Kier alpha value is -3.76. The molecule has 1 heterocycles. The van der Waals surface area contributed by atoms with Crippen molar-refractivity contribution in [2.75, 3.05) is 25.0 Å². The number of carbonyl (C=O) groups is 4. The van der Waals surface area contributed by atoms with Crippen LogP contribution in [0.5, 0.6) is 0 Å². The fourth-order valence-corrected chi connectivity index (χ4v) is 4.36. The van der Waals surface area contributed by atoms with Crippen molar-refractivity contribution in [2.24, 2.45) is 5.41 Å². The first kappa shape index (κ1) is 30.8. The van der Waals surface area contributed by atoms with E-state index in [-0.39, 0.29) is 43.0 Å². The SMILES string of the molecule is CCCNNC(=O)c1ccc(-c2ccc(NC(=O)CCC(=O)NC(C(=O)N3CCC(O)C3)C(C)(C)C)cc2)cc1. The van der Waals surface area contributed by atoms with Crippen molar-refractivity contribution < 1.29 is 24.3 Å². The van der Waals surface area contributed by atoms with E-state index in [9.17, 15) is 24.3 Å². The number of nitrogens with zero attached hydrogens (tertiary/aromatic N) is 1. The molecule has 2 aromatic carbocycles. The van der Waals surface area contributed by atoms with Gasteiger partial charge in [0.05, 0.1) is 6.10 Å². The Kier molecular flexibility index (Phi) is 10.8. The van der Waals surface area contributed by atoms with E-state index in [0.717, 1.165) is 17.5 Å². The fraction of sp³-hybridized carbons (Fsp3) is 0.467. The van der Waals surface area contributed by atoms with Gasteiger partial charge in [-0.25, -0.2) is 5.43 Å². The van der Waals surface area contributed by atoms with E-state index < -0.39 is 17.6 Å². The van der Waals surface area contributed by atoms with Gasteiger partial charge in [0, 0.05) is 43.7 Å². The van der Waals surface area contributed by atoms with E-state index in [2.05, 4.69) is 21.5 Å². The predicted octanol–water partition coefficient (Wildman–Crippen LogP) is 2.84. The number of anilines is 1. The third-order valence-corrected chi connectivity index (χ3v) is 6.70. The summed E-state index contributed by atoms with van der Waals surface area (Å²) in [5.41, 5.74) is 8.00. The van der Waals surface area contributed by atoms with Gasteiger partial charge in [-0.1, -0.05) is 52.0 Å². The lowest BCUT2D eigenvalue weighted by molar-refractivity contribution is -0.139. The first-order valence-corrected chi connectivity index (χ1v) is 13.8. The number of rotatable bonds is 11. The minimum Gasteiger partial charge on any atom is -0.391 e. The van der Waals surface area contributed by atoms with Gasteiger partial charge in [-0.2, -0.15) is 0 Å². The molecule has 1 fully saturated rings. The molecule has 2 aromatic rings. The molecule has 2 unspecified atom stereocenters. The molecular weight excluding hydrogens is 510 g/mol. The molecule has 0 aliphatic carbocycles. The van der Waals surface area contributed by atoms with Crippen molar-refractivity contribution in [3.8, 4) is 11.1 Å². The molecule has 0 saturated carbocycles. The summed E-state index contributed by atoms with van der Waals surface area (Å²) >= 11 is 0. The van der Waals surface area contributed by atoms with Crippen molar-refractivity contribution in [3.63, 3.8) is 0 Å². The van der Waals surface area contributed by atoms with Crippen molar-refractivity contribution in [2.45, 2.75) is 65.5 Å². The quantitative estimate of drug-likeness (QED) is 0.215. The van der Waals surface area contributed by atoms with Crippen LogP contribution in [0, 0.1) is 5.41 Å². The number of aliphatic hydroxyl groups is 1. The number of nitrogens with one attached hydrogen (secondary N) is 4. The molecule has 1 saturated heterocycles. The van der Waals surface area contributed by atoms with E-state index in [0.29, 0.717) is 30.8 Å². The second-order valence-corrected chi connectivity index (χ2v) is 11.2. The second-order valence-electron chi connectivity index (χ2n) is 11.2. The van der Waals surface area contributed by atoms with Crippen molar-refractivity contribution in [3.05, 3.63) is 54.1 Å². The van der Waals surface area contributed by atoms with Gasteiger partial charge in [0.1, 0.15) is 6.04 Å². The third kappa shape index (κ3) is 8.89. The van der Waals surface area contributed by atoms with Gasteiger partial charge in [0.15, 0.2) is 0 Å². The maximum Gasteiger partial charge on any atom is 0.265 e. The summed E-state index contributed by atoms with van der Waals surface area (Å²) < 4.78 is 0. The summed E-state index contributed by atoms with van der Waals surface area (Å²) in [6, 6.07) is 13.8. The van der Waals surface area contributed by atoms with Gasteiger partial charge in [0.2, 0.25) is 17.7 Å². The Balaban J connectivity index is 1.49. The van der Waals surface area contributed by atoms with Gasteiger partial charge >= 0.3 is 0 Å².